The first-order chi connectivity index (χ1) is 5.83. The largest absolute Gasteiger partial charge is 0.379 e. The van der Waals surface area contributed by atoms with Crippen LogP contribution in [0, 0.1) is 12.8 Å². The Morgan fingerprint density at radius 3 is 2.67 bits per heavy atom. The predicted octanol–water partition coefficient (Wildman–Crippen LogP) is 1.57. The maximum Gasteiger partial charge on any atom is 0.0594 e. The van der Waals surface area contributed by atoms with Crippen molar-refractivity contribution in [1.29, 1.82) is 0 Å². The van der Waals surface area contributed by atoms with Crippen molar-refractivity contribution < 1.29 is 4.74 Å². The van der Waals surface area contributed by atoms with Crippen LogP contribution in [-0.2, 0) is 4.74 Å². The summed E-state index contributed by atoms with van der Waals surface area (Å²) in [5.41, 5.74) is 0. The number of morpholine rings is 1. The highest BCUT2D eigenvalue weighted by atomic mass is 16.5. The molecule has 1 rings (SSSR count). The molecule has 2 heteroatoms. The summed E-state index contributed by atoms with van der Waals surface area (Å²) in [6.45, 7) is 11.5. The third-order valence-corrected chi connectivity index (χ3v) is 2.37. The molecule has 71 valence electrons. The van der Waals surface area contributed by atoms with Crippen molar-refractivity contribution >= 4 is 0 Å². The molecule has 1 fully saturated rings. The summed E-state index contributed by atoms with van der Waals surface area (Å²) in [5, 5.41) is 0. The molecule has 1 aliphatic heterocycles. The average molecular weight is 170 g/mol. The van der Waals surface area contributed by atoms with E-state index in [9.17, 15) is 0 Å². The van der Waals surface area contributed by atoms with Gasteiger partial charge in [0.15, 0.2) is 0 Å². The van der Waals surface area contributed by atoms with Gasteiger partial charge in [0.25, 0.3) is 0 Å². The summed E-state index contributed by atoms with van der Waals surface area (Å²) in [6, 6.07) is 0. The van der Waals surface area contributed by atoms with Gasteiger partial charge in [-0.1, -0.05) is 20.3 Å². The molecule has 1 unspecified atom stereocenters. The Kier molecular flexibility index (Phi) is 4.62. The Labute approximate surface area is 75.9 Å². The number of nitrogens with zero attached hydrogens (tertiary/aromatic N) is 1. The molecule has 0 aromatic carbocycles. The first-order valence-electron chi connectivity index (χ1n) is 4.92. The van der Waals surface area contributed by atoms with Crippen molar-refractivity contribution in [2.75, 3.05) is 32.8 Å². The molecule has 0 aromatic heterocycles. The van der Waals surface area contributed by atoms with Gasteiger partial charge in [0.1, 0.15) is 0 Å². The van der Waals surface area contributed by atoms with Gasteiger partial charge in [0.2, 0.25) is 0 Å². The minimum absolute atomic E-state index is 0.792. The highest BCUT2D eigenvalue weighted by molar-refractivity contribution is 4.65. The molecule has 1 saturated heterocycles. The zero-order valence-corrected chi connectivity index (χ0v) is 8.09. The number of rotatable bonds is 4. The van der Waals surface area contributed by atoms with Gasteiger partial charge in [-0.25, -0.2) is 0 Å². The van der Waals surface area contributed by atoms with E-state index < -0.39 is 0 Å². The minimum atomic E-state index is 0.792. The lowest BCUT2D eigenvalue weighted by Gasteiger charge is -2.28. The second-order valence-electron chi connectivity index (χ2n) is 3.66. The zero-order valence-electron chi connectivity index (χ0n) is 8.09. The SMILES string of the molecule is [CH2]CCC(C)CN1CCOCC1. The number of hydrogen-bond donors (Lipinski definition) is 0. The molecule has 12 heavy (non-hydrogen) atoms. The van der Waals surface area contributed by atoms with Crippen LogP contribution in [0.5, 0.6) is 0 Å². The topological polar surface area (TPSA) is 12.5 Å². The fraction of sp³-hybridized carbons (Fsp3) is 0.900. The van der Waals surface area contributed by atoms with E-state index in [2.05, 4.69) is 18.7 Å². The quantitative estimate of drug-likeness (QED) is 0.635. The molecular weight excluding hydrogens is 150 g/mol. The smallest absolute Gasteiger partial charge is 0.0594 e. The van der Waals surface area contributed by atoms with Gasteiger partial charge in [-0.2, -0.15) is 0 Å². The Morgan fingerprint density at radius 2 is 2.08 bits per heavy atom. The fourth-order valence-electron chi connectivity index (χ4n) is 1.66. The van der Waals surface area contributed by atoms with Crippen LogP contribution < -0.4 is 0 Å². The molecule has 1 aliphatic rings. The van der Waals surface area contributed by atoms with E-state index in [1.54, 1.807) is 0 Å². The lowest BCUT2D eigenvalue weighted by Crippen LogP contribution is -2.38. The third-order valence-electron chi connectivity index (χ3n) is 2.37. The van der Waals surface area contributed by atoms with E-state index in [0.717, 1.165) is 38.6 Å². The third kappa shape index (κ3) is 3.55. The van der Waals surface area contributed by atoms with Crippen molar-refractivity contribution in [1.82, 2.24) is 4.90 Å². The molecule has 0 aliphatic carbocycles. The molecule has 1 heterocycles. The van der Waals surface area contributed by atoms with Crippen LogP contribution in [0.2, 0.25) is 0 Å². The Balaban J connectivity index is 2.11. The van der Waals surface area contributed by atoms with Gasteiger partial charge < -0.3 is 4.74 Å². The predicted molar refractivity (Wildman–Crippen MR) is 51.0 cm³/mol. The van der Waals surface area contributed by atoms with Crippen LogP contribution in [0.3, 0.4) is 0 Å². The van der Waals surface area contributed by atoms with Gasteiger partial charge in [-0.05, 0) is 12.3 Å². The van der Waals surface area contributed by atoms with Crippen molar-refractivity contribution in [2.45, 2.75) is 19.8 Å². The molecule has 1 radical (unpaired) electrons. The van der Waals surface area contributed by atoms with Gasteiger partial charge in [-0.3, -0.25) is 4.90 Å². The van der Waals surface area contributed by atoms with E-state index in [4.69, 9.17) is 4.74 Å². The van der Waals surface area contributed by atoms with E-state index in [1.807, 2.05) is 0 Å². The maximum absolute atomic E-state index is 5.29. The van der Waals surface area contributed by atoms with E-state index in [-0.39, 0.29) is 0 Å². The lowest BCUT2D eigenvalue weighted by molar-refractivity contribution is 0.0313. The summed E-state index contributed by atoms with van der Waals surface area (Å²) in [7, 11) is 0. The molecule has 0 aromatic rings. The molecule has 0 amide bonds. The molecule has 0 saturated carbocycles. The molecule has 0 N–H and O–H groups in total. The van der Waals surface area contributed by atoms with Crippen LogP contribution >= 0.6 is 0 Å². The summed E-state index contributed by atoms with van der Waals surface area (Å²) in [4.78, 5) is 2.49. The van der Waals surface area contributed by atoms with Crippen LogP contribution in [0.25, 0.3) is 0 Å². The minimum Gasteiger partial charge on any atom is -0.379 e. The Bertz CT molecular complexity index is 110. The Hall–Kier alpha value is -0.0800. The molecular formula is C10H20NO. The van der Waals surface area contributed by atoms with E-state index >= 15 is 0 Å². The molecule has 0 spiro atoms. The second kappa shape index (κ2) is 5.55. The summed E-state index contributed by atoms with van der Waals surface area (Å²) in [5.74, 6) is 0.792. The molecule has 1 atom stereocenters. The van der Waals surface area contributed by atoms with Gasteiger partial charge in [-0.15, -0.1) is 0 Å². The zero-order chi connectivity index (χ0) is 8.81. The van der Waals surface area contributed by atoms with Gasteiger partial charge in [0.05, 0.1) is 13.2 Å². The summed E-state index contributed by atoms with van der Waals surface area (Å²) in [6.07, 6.45) is 2.31. The second-order valence-corrected chi connectivity index (χ2v) is 3.66. The highest BCUT2D eigenvalue weighted by Crippen LogP contribution is 2.08. The molecule has 2 nitrogen and oxygen atoms in total. The van der Waals surface area contributed by atoms with Crippen molar-refractivity contribution in [3.05, 3.63) is 6.92 Å². The Morgan fingerprint density at radius 1 is 1.42 bits per heavy atom. The van der Waals surface area contributed by atoms with Crippen molar-refractivity contribution in [3.63, 3.8) is 0 Å². The highest BCUT2D eigenvalue weighted by Gasteiger charge is 2.12. The van der Waals surface area contributed by atoms with Crippen LogP contribution in [0.15, 0.2) is 0 Å². The summed E-state index contributed by atoms with van der Waals surface area (Å²) < 4.78 is 5.29. The van der Waals surface area contributed by atoms with E-state index in [1.165, 1.54) is 13.0 Å². The number of ether oxygens (including phenoxy) is 1. The van der Waals surface area contributed by atoms with Gasteiger partial charge in [0, 0.05) is 19.6 Å². The standard InChI is InChI=1S/C10H20NO/c1-3-4-10(2)9-11-5-7-12-8-6-11/h10H,1,3-9H2,2H3. The lowest BCUT2D eigenvalue weighted by atomic mass is 10.1. The van der Waals surface area contributed by atoms with Crippen molar-refractivity contribution in [3.8, 4) is 0 Å². The van der Waals surface area contributed by atoms with Crippen molar-refractivity contribution in [2.24, 2.45) is 5.92 Å². The van der Waals surface area contributed by atoms with E-state index in [0.29, 0.717) is 0 Å². The van der Waals surface area contributed by atoms with Crippen LogP contribution in [-0.4, -0.2) is 37.7 Å². The average Bonchev–Trinajstić information content (AvgIpc) is 2.06. The monoisotopic (exact) mass is 170 g/mol. The van der Waals surface area contributed by atoms with Crippen LogP contribution in [0.1, 0.15) is 19.8 Å². The first-order valence-corrected chi connectivity index (χ1v) is 4.92. The summed E-state index contributed by atoms with van der Waals surface area (Å²) >= 11 is 0. The number of hydrogen-bond acceptors (Lipinski definition) is 2. The fourth-order valence-corrected chi connectivity index (χ4v) is 1.66. The van der Waals surface area contributed by atoms with Crippen LogP contribution in [0.4, 0.5) is 0 Å². The maximum atomic E-state index is 5.29. The first kappa shape index (κ1) is 10.0. The normalized spacial score (nSPS) is 22.5. The van der Waals surface area contributed by atoms with Gasteiger partial charge >= 0.3 is 0 Å². The molecule has 0 bridgehead atoms.